The minimum atomic E-state index is -0.142. The third-order valence-corrected chi connectivity index (χ3v) is 3.10. The van der Waals surface area contributed by atoms with Crippen LogP contribution in [-0.2, 0) is 0 Å². The number of benzene rings is 1. The number of hydrogen-bond acceptors (Lipinski definition) is 3. The number of nitrogens with one attached hydrogen (secondary N) is 1. The molecule has 1 aromatic carbocycles. The van der Waals surface area contributed by atoms with Gasteiger partial charge in [0.2, 0.25) is 0 Å². The first-order chi connectivity index (χ1) is 9.47. The van der Waals surface area contributed by atoms with Crippen LogP contribution in [0.1, 0.15) is 21.5 Å². The van der Waals surface area contributed by atoms with E-state index < -0.39 is 0 Å². The summed E-state index contributed by atoms with van der Waals surface area (Å²) in [6.07, 6.45) is 1.69. The van der Waals surface area contributed by atoms with Gasteiger partial charge in [0.25, 0.3) is 5.91 Å². The molecule has 0 bridgehead atoms. The van der Waals surface area contributed by atoms with Crippen molar-refractivity contribution in [3.63, 3.8) is 0 Å². The zero-order valence-electron chi connectivity index (χ0n) is 12.3. The molecular weight excluding hydrogens is 250 g/mol. The highest BCUT2D eigenvalue weighted by Gasteiger charge is 2.09. The van der Waals surface area contributed by atoms with Gasteiger partial charge < -0.3 is 10.2 Å². The van der Waals surface area contributed by atoms with E-state index in [-0.39, 0.29) is 5.91 Å². The van der Waals surface area contributed by atoms with Gasteiger partial charge in [0.15, 0.2) is 0 Å². The monoisotopic (exact) mass is 269 g/mol. The lowest BCUT2D eigenvalue weighted by atomic mass is 10.1. The van der Waals surface area contributed by atoms with Crippen molar-refractivity contribution in [1.29, 1.82) is 0 Å². The maximum Gasteiger partial charge on any atom is 0.256 e. The van der Waals surface area contributed by atoms with Crippen molar-refractivity contribution in [2.75, 3.05) is 24.3 Å². The molecule has 1 amide bonds. The van der Waals surface area contributed by atoms with E-state index in [0.717, 1.165) is 16.8 Å². The van der Waals surface area contributed by atoms with E-state index in [1.165, 1.54) is 0 Å². The van der Waals surface area contributed by atoms with Crippen LogP contribution in [0, 0.1) is 13.8 Å². The summed E-state index contributed by atoms with van der Waals surface area (Å²) < 4.78 is 0. The molecule has 0 aliphatic heterocycles. The summed E-state index contributed by atoms with van der Waals surface area (Å²) in [5.74, 6) is 0.431. The maximum atomic E-state index is 12.2. The van der Waals surface area contributed by atoms with Crippen LogP contribution in [0.4, 0.5) is 11.5 Å². The molecule has 4 heteroatoms. The Morgan fingerprint density at radius 1 is 1.15 bits per heavy atom. The summed E-state index contributed by atoms with van der Waals surface area (Å²) in [6, 6.07) is 9.41. The van der Waals surface area contributed by atoms with E-state index in [1.54, 1.807) is 6.20 Å². The number of carbonyl (C=O) groups is 1. The molecule has 0 spiro atoms. The third kappa shape index (κ3) is 3.15. The third-order valence-electron chi connectivity index (χ3n) is 3.10. The molecule has 4 nitrogen and oxygen atoms in total. The second kappa shape index (κ2) is 5.74. The molecule has 0 saturated heterocycles. The summed E-state index contributed by atoms with van der Waals surface area (Å²) in [7, 11) is 3.97. The Labute approximate surface area is 119 Å². The molecule has 0 unspecified atom stereocenters. The van der Waals surface area contributed by atoms with E-state index in [1.807, 2.05) is 63.2 Å². The first-order valence-corrected chi connectivity index (χ1v) is 6.49. The van der Waals surface area contributed by atoms with Gasteiger partial charge in [-0.05, 0) is 55.3 Å². The molecule has 104 valence electrons. The van der Waals surface area contributed by atoms with Gasteiger partial charge in [-0.15, -0.1) is 0 Å². The van der Waals surface area contributed by atoms with Gasteiger partial charge in [-0.1, -0.05) is 0 Å². The van der Waals surface area contributed by atoms with Crippen LogP contribution in [0.3, 0.4) is 0 Å². The van der Waals surface area contributed by atoms with E-state index in [9.17, 15) is 4.79 Å². The van der Waals surface area contributed by atoms with E-state index in [2.05, 4.69) is 10.3 Å². The van der Waals surface area contributed by atoms with E-state index >= 15 is 0 Å². The van der Waals surface area contributed by atoms with Gasteiger partial charge in [-0.3, -0.25) is 4.79 Å². The minimum Gasteiger partial charge on any atom is -0.377 e. The number of nitrogens with zero attached hydrogens (tertiary/aromatic N) is 2. The summed E-state index contributed by atoms with van der Waals surface area (Å²) in [5.41, 5.74) is 3.88. The van der Waals surface area contributed by atoms with Crippen LogP contribution < -0.4 is 10.2 Å². The SMILES string of the molecule is Cc1ccnc(NC(=O)c2ccc(N(C)C)c(C)c2)c1. The van der Waals surface area contributed by atoms with Crippen molar-refractivity contribution in [2.24, 2.45) is 0 Å². The van der Waals surface area contributed by atoms with Gasteiger partial charge in [0.1, 0.15) is 5.82 Å². The summed E-state index contributed by atoms with van der Waals surface area (Å²) >= 11 is 0. The predicted octanol–water partition coefficient (Wildman–Crippen LogP) is 3.02. The smallest absolute Gasteiger partial charge is 0.256 e. The Bertz CT molecular complexity index is 635. The second-order valence-electron chi connectivity index (χ2n) is 5.07. The lowest BCUT2D eigenvalue weighted by molar-refractivity contribution is 0.102. The highest BCUT2D eigenvalue weighted by atomic mass is 16.1. The number of rotatable bonds is 3. The second-order valence-corrected chi connectivity index (χ2v) is 5.07. The number of aryl methyl sites for hydroxylation is 2. The molecule has 2 aromatic rings. The first kappa shape index (κ1) is 14.1. The number of aromatic nitrogens is 1. The molecule has 2 rings (SSSR count). The van der Waals surface area contributed by atoms with Gasteiger partial charge >= 0.3 is 0 Å². The topological polar surface area (TPSA) is 45.2 Å². The Hall–Kier alpha value is -2.36. The molecule has 1 aromatic heterocycles. The molecule has 0 aliphatic carbocycles. The number of carbonyl (C=O) groups excluding carboxylic acids is 1. The molecular formula is C16H19N3O. The van der Waals surface area contributed by atoms with Crippen molar-refractivity contribution in [2.45, 2.75) is 13.8 Å². The quantitative estimate of drug-likeness (QED) is 0.931. The summed E-state index contributed by atoms with van der Waals surface area (Å²) in [4.78, 5) is 18.4. The Morgan fingerprint density at radius 2 is 1.90 bits per heavy atom. The van der Waals surface area contributed by atoms with Gasteiger partial charge in [-0.2, -0.15) is 0 Å². The van der Waals surface area contributed by atoms with Crippen molar-refractivity contribution in [3.8, 4) is 0 Å². The molecule has 1 heterocycles. The lowest BCUT2D eigenvalue weighted by Crippen LogP contribution is -2.15. The number of pyridine rings is 1. The molecule has 0 radical (unpaired) electrons. The van der Waals surface area contributed by atoms with Gasteiger partial charge in [0.05, 0.1) is 0 Å². The highest BCUT2D eigenvalue weighted by molar-refractivity contribution is 6.04. The summed E-state index contributed by atoms with van der Waals surface area (Å²) in [6.45, 7) is 3.96. The molecule has 0 fully saturated rings. The predicted molar refractivity (Wildman–Crippen MR) is 82.4 cm³/mol. The fraction of sp³-hybridized carbons (Fsp3) is 0.250. The normalized spacial score (nSPS) is 10.2. The summed E-state index contributed by atoms with van der Waals surface area (Å²) in [5, 5.41) is 2.81. The zero-order chi connectivity index (χ0) is 14.7. The fourth-order valence-corrected chi connectivity index (χ4v) is 2.09. The molecule has 0 atom stereocenters. The first-order valence-electron chi connectivity index (χ1n) is 6.49. The number of anilines is 2. The van der Waals surface area contributed by atoms with Crippen molar-refractivity contribution >= 4 is 17.4 Å². The van der Waals surface area contributed by atoms with Crippen molar-refractivity contribution < 1.29 is 4.79 Å². The minimum absolute atomic E-state index is 0.142. The highest BCUT2D eigenvalue weighted by Crippen LogP contribution is 2.19. The van der Waals surface area contributed by atoms with Crippen molar-refractivity contribution in [3.05, 3.63) is 53.2 Å². The van der Waals surface area contributed by atoms with Crippen LogP contribution >= 0.6 is 0 Å². The molecule has 0 saturated carbocycles. The number of amides is 1. The lowest BCUT2D eigenvalue weighted by Gasteiger charge is -2.16. The largest absolute Gasteiger partial charge is 0.377 e. The van der Waals surface area contributed by atoms with E-state index in [4.69, 9.17) is 0 Å². The van der Waals surface area contributed by atoms with Crippen LogP contribution in [0.2, 0.25) is 0 Å². The standard InChI is InChI=1S/C16H19N3O/c1-11-7-8-17-15(9-11)18-16(20)13-5-6-14(19(3)4)12(2)10-13/h5-10H,1-4H3,(H,17,18,20). The Morgan fingerprint density at radius 3 is 2.50 bits per heavy atom. The Kier molecular flexibility index (Phi) is 4.03. The Balaban J connectivity index is 2.19. The zero-order valence-corrected chi connectivity index (χ0v) is 12.3. The average molecular weight is 269 g/mol. The fourth-order valence-electron chi connectivity index (χ4n) is 2.09. The van der Waals surface area contributed by atoms with Crippen LogP contribution in [0.25, 0.3) is 0 Å². The molecule has 0 aliphatic rings. The molecule has 20 heavy (non-hydrogen) atoms. The van der Waals surface area contributed by atoms with Crippen LogP contribution in [0.15, 0.2) is 36.5 Å². The average Bonchev–Trinajstić information content (AvgIpc) is 2.38. The van der Waals surface area contributed by atoms with Crippen LogP contribution in [-0.4, -0.2) is 25.0 Å². The van der Waals surface area contributed by atoms with Gasteiger partial charge in [-0.25, -0.2) is 4.98 Å². The molecule has 1 N–H and O–H groups in total. The van der Waals surface area contributed by atoms with Crippen LogP contribution in [0.5, 0.6) is 0 Å². The number of hydrogen-bond donors (Lipinski definition) is 1. The van der Waals surface area contributed by atoms with Crippen molar-refractivity contribution in [1.82, 2.24) is 4.98 Å². The van der Waals surface area contributed by atoms with Gasteiger partial charge in [0, 0.05) is 31.5 Å². The maximum absolute atomic E-state index is 12.2. The van der Waals surface area contributed by atoms with E-state index in [0.29, 0.717) is 11.4 Å².